The third-order valence-electron chi connectivity index (χ3n) is 1.83. The number of ether oxygens (including phenoxy) is 1. The molecule has 0 spiro atoms. The highest BCUT2D eigenvalue weighted by molar-refractivity contribution is 5.77. The van der Waals surface area contributed by atoms with Crippen molar-refractivity contribution in [2.45, 2.75) is 6.92 Å². The van der Waals surface area contributed by atoms with Crippen LogP contribution in [0.25, 0.3) is 0 Å². The van der Waals surface area contributed by atoms with Crippen LogP contribution in [0.2, 0.25) is 0 Å². The number of hydrogen-bond acceptors (Lipinski definition) is 4. The average molecular weight is 202 g/mol. The highest BCUT2D eigenvalue weighted by Gasteiger charge is 2.13. The molecule has 0 aromatic carbocycles. The Balaban J connectivity index is 3.64. The first-order valence-electron chi connectivity index (χ1n) is 4.47. The van der Waals surface area contributed by atoms with Crippen LogP contribution in [0.4, 0.5) is 0 Å². The molecule has 82 valence electrons. The number of hydrogen-bond donors (Lipinski definition) is 1. The van der Waals surface area contributed by atoms with Crippen LogP contribution in [0.3, 0.4) is 0 Å². The highest BCUT2D eigenvalue weighted by Crippen LogP contribution is 1.94. The summed E-state index contributed by atoms with van der Waals surface area (Å²) in [6.07, 6.45) is 0. The molecule has 0 aromatic heterocycles. The molecular formula is C9H18N2O3. The number of amides is 1. The third-order valence-corrected chi connectivity index (χ3v) is 1.83. The highest BCUT2D eigenvalue weighted by atomic mass is 16.5. The third kappa shape index (κ3) is 4.81. The van der Waals surface area contributed by atoms with Crippen molar-refractivity contribution < 1.29 is 14.3 Å². The largest absolute Gasteiger partial charge is 0.469 e. The van der Waals surface area contributed by atoms with Crippen molar-refractivity contribution in [3.63, 3.8) is 0 Å². The van der Waals surface area contributed by atoms with E-state index in [1.54, 1.807) is 21.0 Å². The number of rotatable bonds is 5. The van der Waals surface area contributed by atoms with Gasteiger partial charge in [0.25, 0.3) is 0 Å². The van der Waals surface area contributed by atoms with Crippen molar-refractivity contribution in [3.05, 3.63) is 0 Å². The van der Waals surface area contributed by atoms with Gasteiger partial charge in [-0.2, -0.15) is 0 Å². The van der Waals surface area contributed by atoms with Crippen LogP contribution in [-0.2, 0) is 14.3 Å². The van der Waals surface area contributed by atoms with Gasteiger partial charge in [-0.3, -0.25) is 9.59 Å². The molecule has 1 unspecified atom stereocenters. The van der Waals surface area contributed by atoms with Gasteiger partial charge in [0.1, 0.15) is 0 Å². The Hall–Kier alpha value is -1.10. The molecule has 0 heterocycles. The average Bonchev–Trinajstić information content (AvgIpc) is 2.15. The predicted molar refractivity (Wildman–Crippen MR) is 52.7 cm³/mol. The van der Waals surface area contributed by atoms with E-state index in [4.69, 9.17) is 0 Å². The Morgan fingerprint density at radius 3 is 2.43 bits per heavy atom. The molecule has 0 aliphatic carbocycles. The molecule has 0 bridgehead atoms. The number of likely N-dealkylation sites (N-methyl/N-ethyl adjacent to an activating group) is 1. The van der Waals surface area contributed by atoms with E-state index in [0.717, 1.165) is 0 Å². The van der Waals surface area contributed by atoms with E-state index in [1.807, 2.05) is 0 Å². The zero-order valence-electron chi connectivity index (χ0n) is 9.16. The van der Waals surface area contributed by atoms with Crippen LogP contribution >= 0.6 is 0 Å². The Kier molecular flexibility index (Phi) is 5.87. The van der Waals surface area contributed by atoms with E-state index < -0.39 is 0 Å². The van der Waals surface area contributed by atoms with Gasteiger partial charge in [-0.15, -0.1) is 0 Å². The molecule has 14 heavy (non-hydrogen) atoms. The second-order valence-electron chi connectivity index (χ2n) is 3.34. The Morgan fingerprint density at radius 1 is 1.43 bits per heavy atom. The normalized spacial score (nSPS) is 12.0. The lowest BCUT2D eigenvalue weighted by atomic mass is 10.2. The first-order chi connectivity index (χ1) is 6.49. The second-order valence-corrected chi connectivity index (χ2v) is 3.34. The molecule has 5 nitrogen and oxygen atoms in total. The molecular weight excluding hydrogens is 184 g/mol. The fourth-order valence-electron chi connectivity index (χ4n) is 0.838. The fraction of sp³-hybridized carbons (Fsp3) is 0.778. The molecule has 5 heteroatoms. The second kappa shape index (κ2) is 6.37. The SMILES string of the molecule is COC(=O)C(C)CNCC(=O)N(C)C. The van der Waals surface area contributed by atoms with E-state index >= 15 is 0 Å². The molecule has 0 fully saturated rings. The van der Waals surface area contributed by atoms with Gasteiger partial charge in [-0.1, -0.05) is 6.92 Å². The van der Waals surface area contributed by atoms with Gasteiger partial charge in [0.05, 0.1) is 19.6 Å². The first kappa shape index (κ1) is 12.9. The van der Waals surface area contributed by atoms with Gasteiger partial charge in [-0.05, 0) is 0 Å². The molecule has 0 aliphatic heterocycles. The summed E-state index contributed by atoms with van der Waals surface area (Å²) in [5, 5.41) is 2.89. The lowest BCUT2D eigenvalue weighted by Crippen LogP contribution is -2.36. The van der Waals surface area contributed by atoms with E-state index in [1.165, 1.54) is 12.0 Å². The summed E-state index contributed by atoms with van der Waals surface area (Å²) < 4.78 is 4.54. The summed E-state index contributed by atoms with van der Waals surface area (Å²) in [5.74, 6) is -0.508. The minimum atomic E-state index is -0.269. The molecule has 1 N–H and O–H groups in total. The summed E-state index contributed by atoms with van der Waals surface area (Å²) in [6, 6.07) is 0. The summed E-state index contributed by atoms with van der Waals surface area (Å²) in [6.45, 7) is 2.44. The fourth-order valence-corrected chi connectivity index (χ4v) is 0.838. The minimum Gasteiger partial charge on any atom is -0.469 e. The van der Waals surface area contributed by atoms with Crippen LogP contribution in [0.1, 0.15) is 6.92 Å². The van der Waals surface area contributed by atoms with E-state index in [0.29, 0.717) is 6.54 Å². The van der Waals surface area contributed by atoms with Crippen molar-refractivity contribution in [3.8, 4) is 0 Å². The molecule has 0 radical (unpaired) electrons. The van der Waals surface area contributed by atoms with Crippen molar-refractivity contribution in [1.82, 2.24) is 10.2 Å². The van der Waals surface area contributed by atoms with Crippen molar-refractivity contribution >= 4 is 11.9 Å². The van der Waals surface area contributed by atoms with Crippen molar-refractivity contribution in [2.24, 2.45) is 5.92 Å². The van der Waals surface area contributed by atoms with Crippen LogP contribution in [-0.4, -0.2) is 51.1 Å². The maximum atomic E-state index is 11.1. The van der Waals surface area contributed by atoms with Crippen LogP contribution in [0.5, 0.6) is 0 Å². The van der Waals surface area contributed by atoms with Crippen LogP contribution in [0.15, 0.2) is 0 Å². The monoisotopic (exact) mass is 202 g/mol. The van der Waals surface area contributed by atoms with E-state index in [9.17, 15) is 9.59 Å². The standard InChI is InChI=1S/C9H18N2O3/c1-7(9(13)14-4)5-10-6-8(12)11(2)3/h7,10H,5-6H2,1-4H3. The smallest absolute Gasteiger partial charge is 0.309 e. The number of nitrogens with one attached hydrogen (secondary N) is 1. The number of carbonyl (C=O) groups excluding carboxylic acids is 2. The molecule has 0 saturated carbocycles. The first-order valence-corrected chi connectivity index (χ1v) is 4.47. The summed E-state index contributed by atoms with van der Waals surface area (Å²) in [7, 11) is 4.73. The van der Waals surface area contributed by atoms with E-state index in [2.05, 4.69) is 10.1 Å². The maximum absolute atomic E-state index is 11.1. The molecule has 1 atom stereocenters. The van der Waals surface area contributed by atoms with Gasteiger partial charge >= 0.3 is 5.97 Å². The minimum absolute atomic E-state index is 0.0120. The van der Waals surface area contributed by atoms with Gasteiger partial charge in [0.2, 0.25) is 5.91 Å². The molecule has 0 saturated heterocycles. The van der Waals surface area contributed by atoms with Crippen LogP contribution in [0, 0.1) is 5.92 Å². The maximum Gasteiger partial charge on any atom is 0.309 e. The number of methoxy groups -OCH3 is 1. The molecule has 0 aliphatic rings. The number of nitrogens with zero attached hydrogens (tertiary/aromatic N) is 1. The zero-order chi connectivity index (χ0) is 11.1. The molecule has 0 aromatic rings. The zero-order valence-corrected chi connectivity index (χ0v) is 9.16. The Morgan fingerprint density at radius 2 is 2.00 bits per heavy atom. The molecule has 1 amide bonds. The van der Waals surface area contributed by atoms with Crippen molar-refractivity contribution in [2.75, 3.05) is 34.3 Å². The summed E-state index contributed by atoms with van der Waals surface area (Å²) in [4.78, 5) is 23.6. The number of esters is 1. The Bertz CT molecular complexity index is 204. The summed E-state index contributed by atoms with van der Waals surface area (Å²) in [5.41, 5.74) is 0. The molecule has 0 rings (SSSR count). The lowest BCUT2D eigenvalue weighted by molar-refractivity contribution is -0.144. The van der Waals surface area contributed by atoms with E-state index in [-0.39, 0.29) is 24.3 Å². The van der Waals surface area contributed by atoms with Gasteiger partial charge in [0.15, 0.2) is 0 Å². The van der Waals surface area contributed by atoms with Gasteiger partial charge < -0.3 is 15.0 Å². The van der Waals surface area contributed by atoms with Crippen LogP contribution < -0.4 is 5.32 Å². The topological polar surface area (TPSA) is 58.6 Å². The Labute approximate surface area is 84.4 Å². The predicted octanol–water partition coefficient (Wildman–Crippen LogP) is -0.527. The van der Waals surface area contributed by atoms with Gasteiger partial charge in [-0.25, -0.2) is 0 Å². The van der Waals surface area contributed by atoms with Gasteiger partial charge in [0, 0.05) is 20.6 Å². The van der Waals surface area contributed by atoms with Crippen molar-refractivity contribution in [1.29, 1.82) is 0 Å². The lowest BCUT2D eigenvalue weighted by Gasteiger charge is -2.13. The quantitative estimate of drug-likeness (QED) is 0.609. The number of carbonyl (C=O) groups is 2. The summed E-state index contributed by atoms with van der Waals surface area (Å²) >= 11 is 0.